The maximum absolute atomic E-state index is 12.6. The lowest BCUT2D eigenvalue weighted by atomic mass is 9.97. The number of likely N-dealkylation sites (tertiary alicyclic amines) is 1. The first kappa shape index (κ1) is 17.9. The quantitative estimate of drug-likeness (QED) is 0.879. The Labute approximate surface area is 146 Å². The number of carbonyl (C=O) groups is 1. The summed E-state index contributed by atoms with van der Waals surface area (Å²) >= 11 is 1.40. The van der Waals surface area contributed by atoms with Crippen LogP contribution < -0.4 is 0 Å². The number of thiazole rings is 1. The summed E-state index contributed by atoms with van der Waals surface area (Å²) in [5, 5.41) is 11.6. The number of benzene rings is 1. The van der Waals surface area contributed by atoms with Gasteiger partial charge in [-0.15, -0.1) is 11.3 Å². The smallest absolute Gasteiger partial charge is 0.416 e. The van der Waals surface area contributed by atoms with Gasteiger partial charge in [0.05, 0.1) is 17.2 Å². The van der Waals surface area contributed by atoms with Crippen LogP contribution in [-0.2, 0) is 17.5 Å². The Bertz CT molecular complexity index is 735. The number of rotatable bonds is 4. The maximum Gasteiger partial charge on any atom is 0.416 e. The molecular formula is C17H17F3N2O2S. The Morgan fingerprint density at radius 3 is 2.44 bits per heavy atom. The molecule has 1 saturated heterocycles. The molecule has 0 bridgehead atoms. The summed E-state index contributed by atoms with van der Waals surface area (Å²) < 4.78 is 37.8. The highest BCUT2D eigenvalue weighted by Gasteiger charge is 2.30. The number of piperidine rings is 1. The molecule has 1 N–H and O–H groups in total. The summed E-state index contributed by atoms with van der Waals surface area (Å²) in [6.07, 6.45) is -3.08. The topological polar surface area (TPSA) is 53.4 Å². The molecule has 0 unspecified atom stereocenters. The molecule has 1 aromatic heterocycles. The fourth-order valence-electron chi connectivity index (χ4n) is 2.88. The van der Waals surface area contributed by atoms with Crippen molar-refractivity contribution in [3.05, 3.63) is 40.9 Å². The lowest BCUT2D eigenvalue weighted by Crippen LogP contribution is -2.35. The van der Waals surface area contributed by atoms with Crippen LogP contribution >= 0.6 is 11.3 Å². The van der Waals surface area contributed by atoms with Crippen molar-refractivity contribution >= 4 is 17.3 Å². The molecule has 1 fully saturated rings. The molecule has 8 heteroatoms. The number of carboxylic acids is 1. The first-order valence-corrected chi connectivity index (χ1v) is 8.78. The summed E-state index contributed by atoms with van der Waals surface area (Å²) in [7, 11) is 0. The Hall–Kier alpha value is -1.93. The van der Waals surface area contributed by atoms with Gasteiger partial charge in [-0.3, -0.25) is 9.69 Å². The van der Waals surface area contributed by atoms with Crippen molar-refractivity contribution in [3.63, 3.8) is 0 Å². The molecule has 25 heavy (non-hydrogen) atoms. The third-order valence-corrected chi connectivity index (χ3v) is 5.27. The van der Waals surface area contributed by atoms with E-state index >= 15 is 0 Å². The van der Waals surface area contributed by atoms with Gasteiger partial charge < -0.3 is 5.11 Å². The van der Waals surface area contributed by atoms with Gasteiger partial charge >= 0.3 is 12.1 Å². The molecule has 1 aromatic carbocycles. The van der Waals surface area contributed by atoms with Gasteiger partial charge in [0.15, 0.2) is 0 Å². The van der Waals surface area contributed by atoms with Crippen molar-refractivity contribution in [1.82, 2.24) is 9.88 Å². The molecule has 2 aromatic rings. The first-order valence-electron chi connectivity index (χ1n) is 7.90. The zero-order chi connectivity index (χ0) is 18.0. The van der Waals surface area contributed by atoms with Crippen LogP contribution in [0.2, 0.25) is 0 Å². The number of aromatic nitrogens is 1. The Balaban J connectivity index is 1.62. The van der Waals surface area contributed by atoms with Crippen molar-refractivity contribution in [2.24, 2.45) is 5.92 Å². The van der Waals surface area contributed by atoms with Crippen LogP contribution in [0.1, 0.15) is 24.1 Å². The van der Waals surface area contributed by atoms with Gasteiger partial charge in [0.2, 0.25) is 0 Å². The third kappa shape index (κ3) is 4.38. The molecular weight excluding hydrogens is 353 g/mol. The van der Waals surface area contributed by atoms with E-state index in [-0.39, 0.29) is 5.92 Å². The van der Waals surface area contributed by atoms with Crippen molar-refractivity contribution < 1.29 is 23.1 Å². The lowest BCUT2D eigenvalue weighted by molar-refractivity contribution is -0.143. The zero-order valence-electron chi connectivity index (χ0n) is 13.3. The van der Waals surface area contributed by atoms with E-state index in [2.05, 4.69) is 9.88 Å². The van der Waals surface area contributed by atoms with Crippen LogP contribution in [-0.4, -0.2) is 34.0 Å². The van der Waals surface area contributed by atoms with Crippen LogP contribution in [0.25, 0.3) is 10.6 Å². The summed E-state index contributed by atoms with van der Waals surface area (Å²) in [4.78, 5) is 17.6. The third-order valence-electron chi connectivity index (χ3n) is 4.33. The van der Waals surface area contributed by atoms with Crippen LogP contribution in [0.15, 0.2) is 29.6 Å². The van der Waals surface area contributed by atoms with Crippen molar-refractivity contribution in [1.29, 1.82) is 0 Å². The van der Waals surface area contributed by atoms with Crippen molar-refractivity contribution in [3.8, 4) is 10.6 Å². The van der Waals surface area contributed by atoms with E-state index in [1.807, 2.05) is 5.38 Å². The van der Waals surface area contributed by atoms with Gasteiger partial charge in [-0.1, -0.05) is 12.1 Å². The predicted molar refractivity (Wildman–Crippen MR) is 88.2 cm³/mol. The number of nitrogens with zero attached hydrogens (tertiary/aromatic N) is 2. The van der Waals surface area contributed by atoms with E-state index in [1.54, 1.807) is 0 Å². The fraction of sp³-hybridized carbons (Fsp3) is 0.412. The molecule has 1 aliphatic rings. The predicted octanol–water partition coefficient (Wildman–Crippen LogP) is 4.13. The second-order valence-electron chi connectivity index (χ2n) is 6.11. The number of hydrogen-bond donors (Lipinski definition) is 1. The minimum Gasteiger partial charge on any atom is -0.481 e. The van der Waals surface area contributed by atoms with Gasteiger partial charge in [-0.05, 0) is 38.1 Å². The summed E-state index contributed by atoms with van der Waals surface area (Å²) in [5.41, 5.74) is 0.844. The Morgan fingerprint density at radius 2 is 1.88 bits per heavy atom. The van der Waals surface area contributed by atoms with Crippen molar-refractivity contribution in [2.75, 3.05) is 13.1 Å². The zero-order valence-corrected chi connectivity index (χ0v) is 14.1. The van der Waals surface area contributed by atoms with Crippen LogP contribution in [0.3, 0.4) is 0 Å². The second kappa shape index (κ2) is 7.13. The Morgan fingerprint density at radius 1 is 1.24 bits per heavy atom. The summed E-state index contributed by atoms with van der Waals surface area (Å²) in [6.45, 7) is 2.05. The van der Waals surface area contributed by atoms with Crippen LogP contribution in [0.5, 0.6) is 0 Å². The van der Waals surface area contributed by atoms with Gasteiger partial charge in [0, 0.05) is 17.5 Å². The molecule has 134 valence electrons. The lowest BCUT2D eigenvalue weighted by Gasteiger charge is -2.29. The highest BCUT2D eigenvalue weighted by Crippen LogP contribution is 2.32. The molecule has 0 amide bonds. The number of carboxylic acid groups (broad SMARTS) is 1. The van der Waals surface area contributed by atoms with E-state index in [4.69, 9.17) is 5.11 Å². The van der Waals surface area contributed by atoms with Gasteiger partial charge in [0.25, 0.3) is 0 Å². The average Bonchev–Trinajstić information content (AvgIpc) is 3.03. The normalized spacial score (nSPS) is 16.9. The highest BCUT2D eigenvalue weighted by molar-refractivity contribution is 7.13. The fourth-order valence-corrected chi connectivity index (χ4v) is 3.70. The van der Waals surface area contributed by atoms with E-state index in [9.17, 15) is 18.0 Å². The van der Waals surface area contributed by atoms with Crippen LogP contribution in [0, 0.1) is 5.92 Å². The standard InChI is InChI=1S/C17H17F3N2O2S/c18-17(19,20)13-3-1-11(2-4-13)15-21-14(10-25-15)9-22-7-5-12(6-8-22)16(23)24/h1-4,10,12H,5-9H2,(H,23,24). The highest BCUT2D eigenvalue weighted by atomic mass is 32.1. The summed E-state index contributed by atoms with van der Waals surface area (Å²) in [5.74, 6) is -1.01. The Kier molecular flexibility index (Phi) is 5.10. The molecule has 1 aliphatic heterocycles. The van der Waals surface area contributed by atoms with E-state index in [0.717, 1.165) is 17.8 Å². The number of alkyl halides is 3. The minimum atomic E-state index is -4.34. The molecule has 3 rings (SSSR count). The molecule has 0 saturated carbocycles. The van der Waals surface area contributed by atoms with E-state index in [1.165, 1.54) is 23.5 Å². The molecule has 0 aliphatic carbocycles. The molecule has 0 radical (unpaired) electrons. The van der Waals surface area contributed by atoms with Gasteiger partial charge in [-0.2, -0.15) is 13.2 Å². The van der Waals surface area contributed by atoms with Gasteiger partial charge in [0.1, 0.15) is 5.01 Å². The largest absolute Gasteiger partial charge is 0.481 e. The van der Waals surface area contributed by atoms with Gasteiger partial charge in [-0.25, -0.2) is 4.98 Å². The van der Waals surface area contributed by atoms with Crippen LogP contribution in [0.4, 0.5) is 13.2 Å². The number of hydrogen-bond acceptors (Lipinski definition) is 4. The average molecular weight is 370 g/mol. The van der Waals surface area contributed by atoms with E-state index in [0.29, 0.717) is 43.0 Å². The van der Waals surface area contributed by atoms with Crippen molar-refractivity contribution in [2.45, 2.75) is 25.6 Å². The monoisotopic (exact) mass is 370 g/mol. The van der Waals surface area contributed by atoms with E-state index < -0.39 is 17.7 Å². The molecule has 4 nitrogen and oxygen atoms in total. The second-order valence-corrected chi connectivity index (χ2v) is 6.97. The molecule has 0 atom stereocenters. The maximum atomic E-state index is 12.6. The summed E-state index contributed by atoms with van der Waals surface area (Å²) in [6, 6.07) is 4.99. The SMILES string of the molecule is O=C(O)C1CCN(Cc2csc(-c3ccc(C(F)(F)F)cc3)n2)CC1. The first-order chi connectivity index (χ1) is 11.8. The minimum absolute atomic E-state index is 0.269. The number of aliphatic carboxylic acids is 1. The number of halogens is 3. The molecule has 0 spiro atoms. The molecule has 2 heterocycles.